The van der Waals surface area contributed by atoms with Crippen molar-refractivity contribution in [2.75, 3.05) is 22.9 Å². The number of benzene rings is 2. The van der Waals surface area contributed by atoms with Crippen LogP contribution in [0.2, 0.25) is 0 Å². The molecule has 0 bridgehead atoms. The lowest BCUT2D eigenvalue weighted by atomic mass is 10.1. The molecule has 2 rings (SSSR count). The minimum absolute atomic E-state index is 0.216. The third-order valence-electron chi connectivity index (χ3n) is 3.71. The summed E-state index contributed by atoms with van der Waals surface area (Å²) in [5, 5.41) is 2.70. The van der Waals surface area contributed by atoms with Crippen molar-refractivity contribution in [3.63, 3.8) is 0 Å². The lowest BCUT2D eigenvalue weighted by Gasteiger charge is -2.19. The zero-order valence-electron chi connectivity index (χ0n) is 15.6. The number of para-hydroxylation sites is 1. The monoisotopic (exact) mass is 390 g/mol. The molecular formula is C19H22N2O5S. The second-order valence-electron chi connectivity index (χ2n) is 6.23. The summed E-state index contributed by atoms with van der Waals surface area (Å²) < 4.78 is 29.7. The Labute approximate surface area is 159 Å². The zero-order chi connectivity index (χ0) is 20.2. The van der Waals surface area contributed by atoms with Crippen molar-refractivity contribution in [3.8, 4) is 0 Å². The molecule has 2 aromatic carbocycles. The van der Waals surface area contributed by atoms with Crippen molar-refractivity contribution in [2.24, 2.45) is 0 Å². The second-order valence-corrected chi connectivity index (χ2v) is 8.25. The molecule has 0 aliphatic rings. The van der Waals surface area contributed by atoms with E-state index in [1.54, 1.807) is 62.4 Å². The minimum atomic E-state index is -3.51. The second kappa shape index (κ2) is 8.22. The van der Waals surface area contributed by atoms with Crippen LogP contribution in [0.4, 0.5) is 11.4 Å². The molecule has 0 unspecified atom stereocenters. The fourth-order valence-corrected chi connectivity index (χ4v) is 2.81. The highest BCUT2D eigenvalue weighted by molar-refractivity contribution is 7.92. The molecule has 2 aromatic rings. The Balaban J connectivity index is 2.20. The largest absolute Gasteiger partial charge is 0.459 e. The third-order valence-corrected chi connectivity index (χ3v) is 4.90. The van der Waals surface area contributed by atoms with Crippen LogP contribution < -0.4 is 9.62 Å². The molecular weight excluding hydrogens is 368 g/mol. The number of rotatable bonds is 6. The zero-order valence-corrected chi connectivity index (χ0v) is 16.4. The Bertz CT molecular complexity index is 937. The normalized spacial score (nSPS) is 11.1. The first-order chi connectivity index (χ1) is 12.6. The van der Waals surface area contributed by atoms with Gasteiger partial charge in [0.1, 0.15) is 0 Å². The summed E-state index contributed by atoms with van der Waals surface area (Å²) in [6, 6.07) is 12.7. The van der Waals surface area contributed by atoms with E-state index >= 15 is 0 Å². The lowest BCUT2D eigenvalue weighted by molar-refractivity contribution is 0.0378. The molecule has 0 radical (unpaired) electrons. The quantitative estimate of drug-likeness (QED) is 0.766. The smallest absolute Gasteiger partial charge is 0.338 e. The lowest BCUT2D eigenvalue weighted by Crippen LogP contribution is -2.27. The van der Waals surface area contributed by atoms with E-state index in [1.807, 2.05) is 0 Å². The van der Waals surface area contributed by atoms with Gasteiger partial charge in [0.25, 0.3) is 5.91 Å². The first-order valence-electron chi connectivity index (χ1n) is 8.25. The highest BCUT2D eigenvalue weighted by Gasteiger charge is 2.19. The first-order valence-corrected chi connectivity index (χ1v) is 10.1. The molecule has 1 amide bonds. The van der Waals surface area contributed by atoms with Crippen LogP contribution in [0.5, 0.6) is 0 Å². The minimum Gasteiger partial charge on any atom is -0.459 e. The van der Waals surface area contributed by atoms with Gasteiger partial charge in [0, 0.05) is 12.7 Å². The summed E-state index contributed by atoms with van der Waals surface area (Å²) in [7, 11) is -2.12. The van der Waals surface area contributed by atoms with Crippen LogP contribution in [0.15, 0.2) is 48.5 Å². The number of anilines is 2. The van der Waals surface area contributed by atoms with Crippen LogP contribution in [-0.2, 0) is 14.8 Å². The van der Waals surface area contributed by atoms with Gasteiger partial charge in [0.2, 0.25) is 10.0 Å². The van der Waals surface area contributed by atoms with Crippen LogP contribution in [-0.4, -0.2) is 39.7 Å². The summed E-state index contributed by atoms with van der Waals surface area (Å²) in [6.45, 7) is 3.52. The highest BCUT2D eigenvalue weighted by atomic mass is 32.2. The fraction of sp³-hybridized carbons (Fsp3) is 0.263. The summed E-state index contributed by atoms with van der Waals surface area (Å²) in [6.07, 6.45) is 0.844. The number of hydrogen-bond donors (Lipinski definition) is 1. The number of esters is 1. The molecule has 0 saturated heterocycles. The van der Waals surface area contributed by atoms with Crippen LogP contribution in [0.1, 0.15) is 34.6 Å². The van der Waals surface area contributed by atoms with Gasteiger partial charge in [-0.2, -0.15) is 0 Å². The van der Waals surface area contributed by atoms with Crippen molar-refractivity contribution in [3.05, 3.63) is 59.7 Å². The maximum absolute atomic E-state index is 12.6. The van der Waals surface area contributed by atoms with Crippen molar-refractivity contribution in [1.82, 2.24) is 0 Å². The molecule has 0 fully saturated rings. The van der Waals surface area contributed by atoms with Crippen LogP contribution in [0.3, 0.4) is 0 Å². The average Bonchev–Trinajstić information content (AvgIpc) is 2.60. The summed E-state index contributed by atoms with van der Waals surface area (Å²) in [5.74, 6) is -0.901. The Kier molecular flexibility index (Phi) is 6.22. The van der Waals surface area contributed by atoms with Gasteiger partial charge in [-0.15, -0.1) is 0 Å². The van der Waals surface area contributed by atoms with Gasteiger partial charge >= 0.3 is 5.97 Å². The van der Waals surface area contributed by atoms with E-state index in [0.29, 0.717) is 11.3 Å². The molecule has 0 aliphatic heterocycles. The molecule has 8 heteroatoms. The molecule has 27 heavy (non-hydrogen) atoms. The molecule has 0 aromatic heterocycles. The van der Waals surface area contributed by atoms with Gasteiger partial charge in [-0.25, -0.2) is 13.2 Å². The number of hydrogen-bond acceptors (Lipinski definition) is 5. The predicted molar refractivity (Wildman–Crippen MR) is 105 cm³/mol. The van der Waals surface area contributed by atoms with E-state index < -0.39 is 21.9 Å². The van der Waals surface area contributed by atoms with Crippen LogP contribution in [0.25, 0.3) is 0 Å². The average molecular weight is 390 g/mol. The molecule has 7 nitrogen and oxygen atoms in total. The standard InChI is InChI=1S/C19H22N2O5S/c1-13(2)26-19(23)14-9-11-15(12-10-14)20-18(22)16-7-5-6-8-17(16)21(3)27(4,24)25/h5-13H,1-4H3,(H,20,22). The Morgan fingerprint density at radius 3 is 2.19 bits per heavy atom. The summed E-state index contributed by atoms with van der Waals surface area (Å²) in [4.78, 5) is 24.5. The van der Waals surface area contributed by atoms with Crippen LogP contribution in [0, 0.1) is 0 Å². The number of nitrogens with zero attached hydrogens (tertiary/aromatic N) is 1. The molecule has 0 saturated carbocycles. The first kappa shape index (κ1) is 20.4. The Morgan fingerprint density at radius 1 is 1.04 bits per heavy atom. The summed E-state index contributed by atoms with van der Waals surface area (Å²) in [5.41, 5.74) is 1.33. The van der Waals surface area contributed by atoms with E-state index in [0.717, 1.165) is 10.6 Å². The molecule has 0 spiro atoms. The Hall–Kier alpha value is -2.87. The predicted octanol–water partition coefficient (Wildman–Crippen LogP) is 2.90. The van der Waals surface area contributed by atoms with E-state index in [9.17, 15) is 18.0 Å². The highest BCUT2D eigenvalue weighted by Crippen LogP contribution is 2.23. The SMILES string of the molecule is CC(C)OC(=O)c1ccc(NC(=O)c2ccccc2N(C)S(C)(=O)=O)cc1. The Morgan fingerprint density at radius 2 is 1.63 bits per heavy atom. The van der Waals surface area contributed by atoms with Gasteiger partial charge in [0.05, 0.1) is 29.2 Å². The number of ether oxygens (including phenoxy) is 1. The van der Waals surface area contributed by atoms with E-state index in [1.165, 1.54) is 7.05 Å². The molecule has 0 aliphatic carbocycles. The van der Waals surface area contributed by atoms with Crippen LogP contribution >= 0.6 is 0 Å². The van der Waals surface area contributed by atoms with Gasteiger partial charge in [-0.05, 0) is 50.2 Å². The van der Waals surface area contributed by atoms with E-state index in [4.69, 9.17) is 4.74 Å². The van der Waals surface area contributed by atoms with Gasteiger partial charge in [0.15, 0.2) is 0 Å². The fourth-order valence-electron chi connectivity index (χ4n) is 2.29. The number of carbonyl (C=O) groups excluding carboxylic acids is 2. The number of nitrogens with one attached hydrogen (secondary N) is 1. The van der Waals surface area contributed by atoms with Crippen molar-refractivity contribution < 1.29 is 22.7 Å². The van der Waals surface area contributed by atoms with Gasteiger partial charge in [-0.3, -0.25) is 9.10 Å². The summed E-state index contributed by atoms with van der Waals surface area (Å²) >= 11 is 0. The van der Waals surface area contributed by atoms with Crippen molar-refractivity contribution in [2.45, 2.75) is 20.0 Å². The molecule has 0 atom stereocenters. The molecule has 0 heterocycles. The van der Waals surface area contributed by atoms with Gasteiger partial charge in [-0.1, -0.05) is 12.1 Å². The van der Waals surface area contributed by atoms with E-state index in [2.05, 4.69) is 5.32 Å². The topological polar surface area (TPSA) is 92.8 Å². The maximum Gasteiger partial charge on any atom is 0.338 e. The maximum atomic E-state index is 12.6. The van der Waals surface area contributed by atoms with Crippen molar-refractivity contribution >= 4 is 33.3 Å². The van der Waals surface area contributed by atoms with Gasteiger partial charge < -0.3 is 10.1 Å². The number of amides is 1. The number of sulfonamides is 1. The third kappa shape index (κ3) is 5.30. The van der Waals surface area contributed by atoms with Crippen molar-refractivity contribution in [1.29, 1.82) is 0 Å². The van der Waals surface area contributed by atoms with E-state index in [-0.39, 0.29) is 17.4 Å². The molecule has 144 valence electrons. The number of carbonyl (C=O) groups is 2. The molecule has 1 N–H and O–H groups in total.